The van der Waals surface area contributed by atoms with Crippen LogP contribution in [0, 0.1) is 6.92 Å². The Morgan fingerprint density at radius 2 is 2.00 bits per heavy atom. The van der Waals surface area contributed by atoms with Gasteiger partial charge in [-0.15, -0.1) is 10.2 Å². The van der Waals surface area contributed by atoms with Crippen molar-refractivity contribution in [3.63, 3.8) is 0 Å². The van der Waals surface area contributed by atoms with Crippen molar-refractivity contribution in [2.75, 3.05) is 11.3 Å². The minimum absolute atomic E-state index is 0.396. The largest absolute Gasteiger partial charge is 0.334 e. The third kappa shape index (κ3) is 4.64. The zero-order chi connectivity index (χ0) is 18.5. The number of thioether (sulfide) groups is 1. The molecular formula is C18H19BrN6S. The van der Waals surface area contributed by atoms with E-state index in [4.69, 9.17) is 5.84 Å². The molecule has 3 rings (SSSR count). The summed E-state index contributed by atoms with van der Waals surface area (Å²) < 4.78 is 2.44. The van der Waals surface area contributed by atoms with Gasteiger partial charge in [-0.3, -0.25) is 0 Å². The molecule has 0 bridgehead atoms. The minimum Gasteiger partial charge on any atom is -0.334 e. The van der Waals surface area contributed by atoms with Gasteiger partial charge < -0.3 is 5.84 Å². The van der Waals surface area contributed by atoms with E-state index in [0.29, 0.717) is 11.1 Å². The van der Waals surface area contributed by atoms with Crippen LogP contribution in [0.25, 0.3) is 0 Å². The van der Waals surface area contributed by atoms with Gasteiger partial charge in [0.05, 0.1) is 5.71 Å². The van der Waals surface area contributed by atoms with E-state index in [1.807, 2.05) is 37.3 Å². The summed E-state index contributed by atoms with van der Waals surface area (Å²) in [7, 11) is 0. The van der Waals surface area contributed by atoms with Crippen LogP contribution in [0.4, 0.5) is 5.95 Å². The van der Waals surface area contributed by atoms with Gasteiger partial charge in [0.25, 0.3) is 5.95 Å². The zero-order valence-electron chi connectivity index (χ0n) is 14.5. The number of anilines is 1. The van der Waals surface area contributed by atoms with E-state index in [1.54, 1.807) is 0 Å². The average molecular weight is 431 g/mol. The van der Waals surface area contributed by atoms with Gasteiger partial charge in [0.1, 0.15) is 0 Å². The quantitative estimate of drug-likeness (QED) is 0.265. The number of aryl methyl sites for hydroxylation is 1. The molecule has 3 aromatic rings. The van der Waals surface area contributed by atoms with Crippen LogP contribution in [-0.2, 0) is 5.75 Å². The molecule has 1 heterocycles. The number of hydrogen-bond donors (Lipinski definition) is 2. The predicted molar refractivity (Wildman–Crippen MR) is 111 cm³/mol. The number of nitrogens with two attached hydrogens (primary N) is 1. The first-order valence-electron chi connectivity index (χ1n) is 7.98. The first kappa shape index (κ1) is 18.5. The highest BCUT2D eigenvalue weighted by molar-refractivity contribution is 9.10. The first-order chi connectivity index (χ1) is 12.5. The molecule has 3 N–H and O–H groups in total. The summed E-state index contributed by atoms with van der Waals surface area (Å²) >= 11 is 4.95. The van der Waals surface area contributed by atoms with Gasteiger partial charge in [0.2, 0.25) is 5.16 Å². The Labute approximate surface area is 165 Å². The summed E-state index contributed by atoms with van der Waals surface area (Å²) in [6.45, 7) is 3.99. The smallest absolute Gasteiger partial charge is 0.264 e. The molecule has 0 spiro atoms. The van der Waals surface area contributed by atoms with Gasteiger partial charge in [0, 0.05) is 10.2 Å². The molecule has 0 aliphatic carbocycles. The van der Waals surface area contributed by atoms with Gasteiger partial charge in [-0.1, -0.05) is 69.7 Å². The Morgan fingerprint density at radius 1 is 1.23 bits per heavy atom. The SMILES string of the molecule is C/C(=N\Nc1nnc(SCc2cccc(C)c2)n1N)c1ccc(Br)cc1. The lowest BCUT2D eigenvalue weighted by Crippen LogP contribution is -2.13. The van der Waals surface area contributed by atoms with Crippen LogP contribution in [0.1, 0.15) is 23.6 Å². The fraction of sp³-hybridized carbons (Fsp3) is 0.167. The van der Waals surface area contributed by atoms with E-state index in [0.717, 1.165) is 21.5 Å². The summed E-state index contributed by atoms with van der Waals surface area (Å²) in [5.74, 6) is 7.25. The van der Waals surface area contributed by atoms with Gasteiger partial charge >= 0.3 is 0 Å². The number of nitrogens with zero attached hydrogens (tertiary/aromatic N) is 4. The second kappa shape index (κ2) is 8.37. The lowest BCUT2D eigenvalue weighted by Gasteiger charge is -2.05. The van der Waals surface area contributed by atoms with Crippen molar-refractivity contribution in [2.45, 2.75) is 24.8 Å². The molecule has 0 unspecified atom stereocenters. The summed E-state index contributed by atoms with van der Waals surface area (Å²) in [6, 6.07) is 16.3. The lowest BCUT2D eigenvalue weighted by molar-refractivity contribution is 0.846. The topological polar surface area (TPSA) is 81.1 Å². The first-order valence-corrected chi connectivity index (χ1v) is 9.76. The van der Waals surface area contributed by atoms with Gasteiger partial charge in [0.15, 0.2) is 0 Å². The Morgan fingerprint density at radius 3 is 2.73 bits per heavy atom. The van der Waals surface area contributed by atoms with Crippen molar-refractivity contribution in [3.05, 3.63) is 69.7 Å². The van der Waals surface area contributed by atoms with Gasteiger partial charge in [-0.25, -0.2) is 10.1 Å². The van der Waals surface area contributed by atoms with E-state index in [1.165, 1.54) is 27.6 Å². The van der Waals surface area contributed by atoms with E-state index in [9.17, 15) is 0 Å². The summed E-state index contributed by atoms with van der Waals surface area (Å²) in [5.41, 5.74) is 7.17. The molecule has 0 atom stereocenters. The fourth-order valence-corrected chi connectivity index (χ4v) is 3.35. The number of rotatable bonds is 6. The van der Waals surface area contributed by atoms with E-state index >= 15 is 0 Å². The number of aromatic nitrogens is 3. The van der Waals surface area contributed by atoms with Crippen LogP contribution in [0.2, 0.25) is 0 Å². The molecule has 0 fully saturated rings. The van der Waals surface area contributed by atoms with Crippen molar-refractivity contribution in [2.24, 2.45) is 5.10 Å². The predicted octanol–water partition coefficient (Wildman–Crippen LogP) is 4.19. The standard InChI is InChI=1S/C18H19BrN6S/c1-12-4-3-5-14(10-12)11-26-18-24-23-17(25(18)20)22-21-13(2)15-6-8-16(19)9-7-15/h3-10H,11,20H2,1-2H3,(H,22,23)/b21-13+. The van der Waals surface area contributed by atoms with Crippen molar-refractivity contribution in [3.8, 4) is 0 Å². The number of nitrogen functional groups attached to an aromatic ring is 1. The Hall–Kier alpha value is -2.32. The number of benzene rings is 2. The van der Waals surface area contributed by atoms with Gasteiger partial charge in [-0.2, -0.15) is 5.10 Å². The zero-order valence-corrected chi connectivity index (χ0v) is 16.9. The molecule has 6 nitrogen and oxygen atoms in total. The molecule has 8 heteroatoms. The number of nitrogens with one attached hydrogen (secondary N) is 1. The molecule has 0 aliphatic rings. The molecule has 0 saturated heterocycles. The van der Waals surface area contributed by atoms with Crippen LogP contribution in [0.15, 0.2) is 63.3 Å². The minimum atomic E-state index is 0.396. The molecule has 1 aromatic heterocycles. The van der Waals surface area contributed by atoms with E-state index in [-0.39, 0.29) is 0 Å². The highest BCUT2D eigenvalue weighted by atomic mass is 79.9. The number of halogens is 1. The maximum atomic E-state index is 6.08. The van der Waals surface area contributed by atoms with Crippen molar-refractivity contribution in [1.29, 1.82) is 0 Å². The number of hydrazone groups is 1. The maximum absolute atomic E-state index is 6.08. The fourth-order valence-electron chi connectivity index (χ4n) is 2.29. The Balaban J connectivity index is 1.65. The second-order valence-corrected chi connectivity index (χ2v) is 7.63. The summed E-state index contributed by atoms with van der Waals surface area (Å²) in [6.07, 6.45) is 0. The van der Waals surface area contributed by atoms with Crippen LogP contribution in [-0.4, -0.2) is 20.6 Å². The van der Waals surface area contributed by atoms with E-state index in [2.05, 4.69) is 61.8 Å². The molecular weight excluding hydrogens is 412 g/mol. The maximum Gasteiger partial charge on any atom is 0.264 e. The highest BCUT2D eigenvalue weighted by Crippen LogP contribution is 2.22. The summed E-state index contributed by atoms with van der Waals surface area (Å²) in [5, 5.41) is 13.2. The third-order valence-electron chi connectivity index (χ3n) is 3.70. The van der Waals surface area contributed by atoms with Gasteiger partial charge in [-0.05, 0) is 37.1 Å². The molecule has 0 aliphatic heterocycles. The van der Waals surface area contributed by atoms with Crippen molar-refractivity contribution < 1.29 is 0 Å². The van der Waals surface area contributed by atoms with Crippen LogP contribution < -0.4 is 11.3 Å². The average Bonchev–Trinajstić information content (AvgIpc) is 2.98. The third-order valence-corrected chi connectivity index (χ3v) is 5.24. The number of hydrogen-bond acceptors (Lipinski definition) is 6. The van der Waals surface area contributed by atoms with Crippen molar-refractivity contribution >= 4 is 39.4 Å². The Kier molecular flexibility index (Phi) is 5.95. The molecule has 0 saturated carbocycles. The van der Waals surface area contributed by atoms with Crippen LogP contribution >= 0.6 is 27.7 Å². The highest BCUT2D eigenvalue weighted by Gasteiger charge is 2.10. The van der Waals surface area contributed by atoms with Crippen LogP contribution in [0.3, 0.4) is 0 Å². The lowest BCUT2D eigenvalue weighted by atomic mass is 10.1. The van der Waals surface area contributed by atoms with Crippen LogP contribution in [0.5, 0.6) is 0 Å². The molecule has 2 aromatic carbocycles. The summed E-state index contributed by atoms with van der Waals surface area (Å²) in [4.78, 5) is 0. The van der Waals surface area contributed by atoms with E-state index < -0.39 is 0 Å². The van der Waals surface area contributed by atoms with Crippen molar-refractivity contribution in [1.82, 2.24) is 14.9 Å². The normalized spacial score (nSPS) is 11.6. The molecule has 0 amide bonds. The molecule has 0 radical (unpaired) electrons. The molecule has 26 heavy (non-hydrogen) atoms. The molecule has 134 valence electrons. The second-order valence-electron chi connectivity index (χ2n) is 5.77. The monoisotopic (exact) mass is 430 g/mol. The Bertz CT molecular complexity index is 920.